The van der Waals surface area contributed by atoms with Crippen LogP contribution in [0.25, 0.3) is 0 Å². The fraction of sp³-hybridized carbons (Fsp3) is 0.357. The summed E-state index contributed by atoms with van der Waals surface area (Å²) in [5.74, 6) is -0.290. The highest BCUT2D eigenvalue weighted by molar-refractivity contribution is 7.85. The SMILES string of the molecule is CCCCCC=CC(=O)Oc1ccc(S(=O)(=O)O)cc1. The van der Waals surface area contributed by atoms with Crippen molar-refractivity contribution in [2.75, 3.05) is 0 Å². The Morgan fingerprint density at radius 2 is 1.90 bits per heavy atom. The molecular weight excluding hydrogens is 280 g/mol. The summed E-state index contributed by atoms with van der Waals surface area (Å²) in [6.45, 7) is 2.11. The van der Waals surface area contributed by atoms with Gasteiger partial charge in [0.05, 0.1) is 4.90 Å². The molecule has 5 nitrogen and oxygen atoms in total. The highest BCUT2D eigenvalue weighted by Crippen LogP contribution is 2.15. The molecule has 0 aliphatic heterocycles. The zero-order valence-electron chi connectivity index (χ0n) is 11.3. The lowest BCUT2D eigenvalue weighted by atomic mass is 10.2. The molecule has 0 heterocycles. The Morgan fingerprint density at radius 1 is 1.25 bits per heavy atom. The van der Waals surface area contributed by atoms with Crippen LogP contribution in [0.2, 0.25) is 0 Å². The molecule has 0 aliphatic rings. The molecule has 1 rings (SSSR count). The minimum atomic E-state index is -4.23. The van der Waals surface area contributed by atoms with Gasteiger partial charge >= 0.3 is 5.97 Å². The molecule has 0 amide bonds. The van der Waals surface area contributed by atoms with E-state index >= 15 is 0 Å². The molecular formula is C14H18O5S. The van der Waals surface area contributed by atoms with E-state index in [-0.39, 0.29) is 10.6 Å². The lowest BCUT2D eigenvalue weighted by Gasteiger charge is -2.02. The van der Waals surface area contributed by atoms with Gasteiger partial charge in [-0.15, -0.1) is 0 Å². The van der Waals surface area contributed by atoms with Crippen LogP contribution in [0, 0.1) is 0 Å². The van der Waals surface area contributed by atoms with Gasteiger partial charge in [0.1, 0.15) is 5.75 Å². The second-order valence-corrected chi connectivity index (χ2v) is 5.69. The van der Waals surface area contributed by atoms with Crippen LogP contribution in [-0.4, -0.2) is 18.9 Å². The van der Waals surface area contributed by atoms with Gasteiger partial charge in [0.25, 0.3) is 10.1 Å². The van der Waals surface area contributed by atoms with Crippen molar-refractivity contribution in [3.63, 3.8) is 0 Å². The quantitative estimate of drug-likeness (QED) is 0.275. The molecule has 0 bridgehead atoms. The van der Waals surface area contributed by atoms with E-state index < -0.39 is 16.1 Å². The average Bonchev–Trinajstić information content (AvgIpc) is 2.38. The van der Waals surface area contributed by atoms with Crippen molar-refractivity contribution >= 4 is 16.1 Å². The fourth-order valence-electron chi connectivity index (χ4n) is 1.52. The molecule has 1 aromatic carbocycles. The number of carbonyl (C=O) groups excluding carboxylic acids is 1. The predicted octanol–water partition coefficient (Wildman–Crippen LogP) is 2.98. The molecule has 0 atom stereocenters. The highest BCUT2D eigenvalue weighted by atomic mass is 32.2. The van der Waals surface area contributed by atoms with Gasteiger partial charge in [-0.3, -0.25) is 4.55 Å². The van der Waals surface area contributed by atoms with E-state index in [0.717, 1.165) is 25.7 Å². The van der Waals surface area contributed by atoms with Crippen LogP contribution in [0.1, 0.15) is 32.6 Å². The van der Waals surface area contributed by atoms with Crippen LogP contribution in [0.3, 0.4) is 0 Å². The van der Waals surface area contributed by atoms with Crippen molar-refractivity contribution in [1.82, 2.24) is 0 Å². The molecule has 0 saturated heterocycles. The number of carbonyl (C=O) groups is 1. The lowest BCUT2D eigenvalue weighted by Crippen LogP contribution is -2.04. The Hall–Kier alpha value is -1.66. The minimum Gasteiger partial charge on any atom is -0.423 e. The average molecular weight is 298 g/mol. The molecule has 20 heavy (non-hydrogen) atoms. The normalized spacial score (nSPS) is 11.7. The van der Waals surface area contributed by atoms with Gasteiger partial charge in [0.2, 0.25) is 0 Å². The molecule has 110 valence electrons. The van der Waals surface area contributed by atoms with Gasteiger partial charge in [0, 0.05) is 6.08 Å². The summed E-state index contributed by atoms with van der Waals surface area (Å²) in [4.78, 5) is 11.2. The number of esters is 1. The number of hydrogen-bond acceptors (Lipinski definition) is 4. The Kier molecular flexibility index (Phi) is 6.41. The molecule has 0 unspecified atom stereocenters. The first-order valence-corrected chi connectivity index (χ1v) is 7.83. The first-order valence-electron chi connectivity index (χ1n) is 6.39. The zero-order chi connectivity index (χ0) is 15.0. The molecule has 0 saturated carbocycles. The minimum absolute atomic E-state index is 0.223. The smallest absolute Gasteiger partial charge is 0.335 e. The Bertz CT molecular complexity index is 558. The second kappa shape index (κ2) is 7.81. The molecule has 0 fully saturated rings. The Labute approximate surface area is 119 Å². The summed E-state index contributed by atoms with van der Waals surface area (Å²) in [5.41, 5.74) is 0. The van der Waals surface area contributed by atoms with Gasteiger partial charge in [-0.25, -0.2) is 4.79 Å². The third kappa shape index (κ3) is 5.99. The van der Waals surface area contributed by atoms with Crippen LogP contribution >= 0.6 is 0 Å². The van der Waals surface area contributed by atoms with Crippen LogP contribution in [0.4, 0.5) is 0 Å². The molecule has 0 spiro atoms. The van der Waals surface area contributed by atoms with Gasteiger partial charge < -0.3 is 4.74 Å². The first-order chi connectivity index (χ1) is 9.43. The van der Waals surface area contributed by atoms with Crippen LogP contribution in [-0.2, 0) is 14.9 Å². The van der Waals surface area contributed by atoms with Gasteiger partial charge in [-0.05, 0) is 37.1 Å². The summed E-state index contributed by atoms with van der Waals surface area (Å²) in [5, 5.41) is 0. The van der Waals surface area contributed by atoms with Crippen LogP contribution < -0.4 is 4.74 Å². The van der Waals surface area contributed by atoms with E-state index in [2.05, 4.69) is 6.92 Å². The third-order valence-corrected chi connectivity index (χ3v) is 3.44. The van der Waals surface area contributed by atoms with E-state index in [1.165, 1.54) is 30.3 Å². The van der Waals surface area contributed by atoms with E-state index in [1.807, 2.05) is 0 Å². The molecule has 6 heteroatoms. The number of rotatable bonds is 7. The fourth-order valence-corrected chi connectivity index (χ4v) is 2.00. The summed E-state index contributed by atoms with van der Waals surface area (Å²) in [6.07, 6.45) is 7.21. The Balaban J connectivity index is 2.50. The topological polar surface area (TPSA) is 80.7 Å². The van der Waals surface area contributed by atoms with Crippen LogP contribution in [0.15, 0.2) is 41.3 Å². The van der Waals surface area contributed by atoms with Gasteiger partial charge in [-0.2, -0.15) is 8.42 Å². The summed E-state index contributed by atoms with van der Waals surface area (Å²) >= 11 is 0. The van der Waals surface area contributed by atoms with Crippen molar-refractivity contribution in [3.05, 3.63) is 36.4 Å². The Morgan fingerprint density at radius 3 is 2.45 bits per heavy atom. The summed E-state index contributed by atoms with van der Waals surface area (Å²) < 4.78 is 35.4. The number of hydrogen-bond donors (Lipinski definition) is 1. The van der Waals surface area contributed by atoms with E-state index in [9.17, 15) is 13.2 Å². The van der Waals surface area contributed by atoms with E-state index in [1.54, 1.807) is 6.08 Å². The molecule has 0 aliphatic carbocycles. The standard InChI is InChI=1S/C14H18O5S/c1-2-3-4-5-6-7-14(15)19-12-8-10-13(11-9-12)20(16,17)18/h6-11H,2-5H2,1H3,(H,16,17,18). The van der Waals surface area contributed by atoms with Crippen LogP contribution in [0.5, 0.6) is 5.75 Å². The summed E-state index contributed by atoms with van der Waals surface area (Å²) in [7, 11) is -4.23. The zero-order valence-corrected chi connectivity index (χ0v) is 12.1. The van der Waals surface area contributed by atoms with Crippen molar-refractivity contribution < 1.29 is 22.5 Å². The largest absolute Gasteiger partial charge is 0.423 e. The molecule has 1 aromatic rings. The maximum absolute atomic E-state index is 11.5. The predicted molar refractivity (Wildman–Crippen MR) is 75.2 cm³/mol. The molecule has 1 N–H and O–H groups in total. The number of allylic oxidation sites excluding steroid dienone is 1. The van der Waals surface area contributed by atoms with E-state index in [0.29, 0.717) is 0 Å². The van der Waals surface area contributed by atoms with Crippen molar-refractivity contribution in [2.24, 2.45) is 0 Å². The summed E-state index contributed by atoms with van der Waals surface area (Å²) in [6, 6.07) is 4.96. The van der Waals surface area contributed by atoms with Gasteiger partial charge in [0.15, 0.2) is 0 Å². The monoisotopic (exact) mass is 298 g/mol. The van der Waals surface area contributed by atoms with E-state index in [4.69, 9.17) is 9.29 Å². The number of unbranched alkanes of at least 4 members (excludes halogenated alkanes) is 3. The number of benzene rings is 1. The maximum Gasteiger partial charge on any atom is 0.335 e. The number of ether oxygens (including phenoxy) is 1. The second-order valence-electron chi connectivity index (χ2n) is 4.27. The van der Waals surface area contributed by atoms with Crippen molar-refractivity contribution in [1.29, 1.82) is 0 Å². The van der Waals surface area contributed by atoms with Gasteiger partial charge in [-0.1, -0.05) is 25.8 Å². The lowest BCUT2D eigenvalue weighted by molar-refractivity contribution is -0.129. The van der Waals surface area contributed by atoms with Crippen molar-refractivity contribution in [2.45, 2.75) is 37.5 Å². The van der Waals surface area contributed by atoms with Crippen molar-refractivity contribution in [3.8, 4) is 5.75 Å². The third-order valence-electron chi connectivity index (χ3n) is 2.57. The maximum atomic E-state index is 11.5. The first kappa shape index (κ1) is 16.4. The molecule has 0 radical (unpaired) electrons. The molecule has 0 aromatic heterocycles. The highest BCUT2D eigenvalue weighted by Gasteiger charge is 2.09.